The topological polar surface area (TPSA) is 26.3 Å². The van der Waals surface area contributed by atoms with Crippen LogP contribution in [0.2, 0.25) is 0 Å². The first-order valence-corrected chi connectivity index (χ1v) is 3.66. The fourth-order valence-corrected chi connectivity index (χ4v) is 0.543. The lowest BCUT2D eigenvalue weighted by molar-refractivity contribution is 0.212. The Labute approximate surface area is 65.8 Å². The summed E-state index contributed by atoms with van der Waals surface area (Å²) in [7, 11) is 0. The predicted molar refractivity (Wildman–Crippen MR) is 41.0 cm³/mol. The molecule has 0 unspecified atom stereocenters. The van der Waals surface area contributed by atoms with Crippen molar-refractivity contribution in [2.24, 2.45) is 0 Å². The van der Waals surface area contributed by atoms with E-state index >= 15 is 0 Å². The van der Waals surface area contributed by atoms with Crippen molar-refractivity contribution in [3.05, 3.63) is 12.3 Å². The maximum atomic E-state index is 9.97. The number of hydrogen-bond acceptors (Lipinski definition) is 2. The van der Waals surface area contributed by atoms with Crippen LogP contribution >= 0.6 is 11.6 Å². The molecule has 0 aliphatic carbocycles. The van der Waals surface area contributed by atoms with Gasteiger partial charge in [0.1, 0.15) is 0 Å². The molecule has 0 saturated heterocycles. The van der Waals surface area contributed by atoms with Gasteiger partial charge < -0.3 is 4.74 Å². The van der Waals surface area contributed by atoms with Crippen molar-refractivity contribution in [2.75, 3.05) is 0 Å². The lowest BCUT2D eigenvalue weighted by Gasteiger charge is -1.88. The van der Waals surface area contributed by atoms with Crippen LogP contribution in [0.15, 0.2) is 12.3 Å². The molecule has 0 atom stereocenters. The third-order valence-corrected chi connectivity index (χ3v) is 1.07. The summed E-state index contributed by atoms with van der Waals surface area (Å²) in [6, 6.07) is 0. The lowest BCUT2D eigenvalue weighted by Crippen LogP contribution is -1.81. The van der Waals surface area contributed by atoms with Gasteiger partial charge in [-0.15, -0.1) is 0 Å². The molecule has 0 N–H and O–H groups in total. The van der Waals surface area contributed by atoms with E-state index in [0.717, 1.165) is 19.3 Å². The number of unbranched alkanes of at least 4 members (excludes halogenated alkanes) is 2. The molecule has 0 aromatic heterocycles. The van der Waals surface area contributed by atoms with Crippen molar-refractivity contribution >= 4 is 17.0 Å². The highest BCUT2D eigenvalue weighted by atomic mass is 35.5. The molecule has 10 heavy (non-hydrogen) atoms. The average molecular weight is 163 g/mol. The molecule has 0 aliphatic rings. The van der Waals surface area contributed by atoms with Crippen LogP contribution in [0.3, 0.4) is 0 Å². The van der Waals surface area contributed by atoms with E-state index in [4.69, 9.17) is 11.6 Å². The van der Waals surface area contributed by atoms with Crippen LogP contribution in [0.1, 0.15) is 26.2 Å². The Morgan fingerprint density at radius 1 is 1.70 bits per heavy atom. The van der Waals surface area contributed by atoms with E-state index in [2.05, 4.69) is 11.7 Å². The normalized spacial score (nSPS) is 10.2. The largest absolute Gasteiger partial charge is 0.423 e. The van der Waals surface area contributed by atoms with Gasteiger partial charge in [-0.2, -0.15) is 0 Å². The van der Waals surface area contributed by atoms with Crippen LogP contribution in [-0.4, -0.2) is 5.43 Å². The molecule has 0 rings (SSSR count). The van der Waals surface area contributed by atoms with E-state index in [-0.39, 0.29) is 0 Å². The molecule has 0 aromatic carbocycles. The predicted octanol–water partition coefficient (Wildman–Crippen LogP) is 3.07. The summed E-state index contributed by atoms with van der Waals surface area (Å²) in [4.78, 5) is 9.97. The smallest absolute Gasteiger partial charge is 0.408 e. The summed E-state index contributed by atoms with van der Waals surface area (Å²) in [6.07, 6.45) is 6.28. The van der Waals surface area contributed by atoms with E-state index in [1.54, 1.807) is 6.08 Å². The van der Waals surface area contributed by atoms with E-state index < -0.39 is 5.43 Å². The molecule has 0 heterocycles. The Morgan fingerprint density at radius 2 is 2.40 bits per heavy atom. The summed E-state index contributed by atoms with van der Waals surface area (Å²) >= 11 is 4.88. The van der Waals surface area contributed by atoms with Gasteiger partial charge >= 0.3 is 5.43 Å². The summed E-state index contributed by atoms with van der Waals surface area (Å²) in [5, 5.41) is 0. The highest BCUT2D eigenvalue weighted by Crippen LogP contribution is 1.96. The maximum absolute atomic E-state index is 9.97. The minimum absolute atomic E-state index is 0.784. The van der Waals surface area contributed by atoms with Gasteiger partial charge in [0.2, 0.25) is 0 Å². The van der Waals surface area contributed by atoms with Crippen molar-refractivity contribution in [2.45, 2.75) is 26.2 Å². The monoisotopic (exact) mass is 162 g/mol. The number of hydrogen-bond donors (Lipinski definition) is 0. The first-order valence-electron chi connectivity index (χ1n) is 3.28. The lowest BCUT2D eigenvalue weighted by atomic mass is 10.2. The van der Waals surface area contributed by atoms with E-state index in [0.29, 0.717) is 0 Å². The molecule has 0 aliphatic heterocycles. The SMILES string of the molecule is CCCC/C=C\OC(=O)Cl. The minimum Gasteiger partial charge on any atom is -0.423 e. The van der Waals surface area contributed by atoms with Crippen LogP contribution < -0.4 is 0 Å². The molecular formula is C7H11ClO2. The number of halogens is 1. The molecule has 3 heteroatoms. The molecule has 0 fully saturated rings. The van der Waals surface area contributed by atoms with Crippen molar-refractivity contribution < 1.29 is 9.53 Å². The molecule has 0 amide bonds. The van der Waals surface area contributed by atoms with E-state index in [1.807, 2.05) is 0 Å². The molecule has 58 valence electrons. The van der Waals surface area contributed by atoms with Gasteiger partial charge in [0.15, 0.2) is 0 Å². The molecule has 0 bridgehead atoms. The second-order valence-corrected chi connectivity index (χ2v) is 2.18. The third kappa shape index (κ3) is 7.50. The molecule has 0 radical (unpaired) electrons. The summed E-state index contributed by atoms with van der Waals surface area (Å²) in [5.74, 6) is 0. The van der Waals surface area contributed by atoms with E-state index in [9.17, 15) is 4.79 Å². The highest BCUT2D eigenvalue weighted by Gasteiger charge is 1.87. The molecule has 2 nitrogen and oxygen atoms in total. The molecule has 0 aromatic rings. The third-order valence-electron chi connectivity index (χ3n) is 0.981. The molecule has 0 saturated carbocycles. The Kier molecular flexibility index (Phi) is 6.29. The van der Waals surface area contributed by atoms with Gasteiger partial charge in [0, 0.05) is 11.6 Å². The Hall–Kier alpha value is -0.500. The zero-order valence-electron chi connectivity index (χ0n) is 5.97. The van der Waals surface area contributed by atoms with Crippen LogP contribution in [0, 0.1) is 0 Å². The quantitative estimate of drug-likeness (QED) is 0.361. The van der Waals surface area contributed by atoms with Gasteiger partial charge in [-0.25, -0.2) is 4.79 Å². The van der Waals surface area contributed by atoms with Gasteiger partial charge in [-0.1, -0.05) is 13.3 Å². The zero-order valence-corrected chi connectivity index (χ0v) is 6.73. The van der Waals surface area contributed by atoms with E-state index in [1.165, 1.54) is 6.26 Å². The Balaban J connectivity index is 3.12. The van der Waals surface area contributed by atoms with Gasteiger partial charge in [-0.3, -0.25) is 0 Å². The van der Waals surface area contributed by atoms with Crippen LogP contribution in [0.25, 0.3) is 0 Å². The zero-order chi connectivity index (χ0) is 7.82. The highest BCUT2D eigenvalue weighted by molar-refractivity contribution is 6.61. The first kappa shape index (κ1) is 9.50. The maximum Gasteiger partial charge on any atom is 0.408 e. The summed E-state index contributed by atoms with van der Waals surface area (Å²) < 4.78 is 4.33. The molecule has 0 spiro atoms. The first-order chi connectivity index (χ1) is 4.77. The second kappa shape index (κ2) is 6.62. The number of ether oxygens (including phenoxy) is 1. The summed E-state index contributed by atoms with van der Waals surface area (Å²) in [5.41, 5.74) is -0.784. The number of carbonyl (C=O) groups is 1. The minimum atomic E-state index is -0.784. The van der Waals surface area contributed by atoms with Gasteiger partial charge in [-0.05, 0) is 18.9 Å². The van der Waals surface area contributed by atoms with Crippen molar-refractivity contribution in [3.63, 3.8) is 0 Å². The van der Waals surface area contributed by atoms with Crippen LogP contribution in [0.5, 0.6) is 0 Å². The standard InChI is InChI=1S/C7H11ClO2/c1-2-3-4-5-6-10-7(8)9/h5-6H,2-4H2,1H3/b6-5-. The number of carbonyl (C=O) groups excluding carboxylic acids is 1. The second-order valence-electron chi connectivity index (χ2n) is 1.87. The molecular weight excluding hydrogens is 152 g/mol. The average Bonchev–Trinajstić information content (AvgIpc) is 1.87. The van der Waals surface area contributed by atoms with Crippen LogP contribution in [-0.2, 0) is 4.74 Å². The fraction of sp³-hybridized carbons (Fsp3) is 0.571. The number of allylic oxidation sites excluding steroid dienone is 1. The van der Waals surface area contributed by atoms with Crippen LogP contribution in [0.4, 0.5) is 4.79 Å². The van der Waals surface area contributed by atoms with Crippen molar-refractivity contribution in [1.82, 2.24) is 0 Å². The summed E-state index contributed by atoms with van der Waals surface area (Å²) in [6.45, 7) is 2.10. The van der Waals surface area contributed by atoms with Crippen molar-refractivity contribution in [3.8, 4) is 0 Å². The Bertz CT molecular complexity index is 121. The van der Waals surface area contributed by atoms with Crippen molar-refractivity contribution in [1.29, 1.82) is 0 Å². The number of rotatable bonds is 4. The van der Waals surface area contributed by atoms with Gasteiger partial charge in [0.25, 0.3) is 0 Å². The Morgan fingerprint density at radius 3 is 2.90 bits per heavy atom. The van der Waals surface area contributed by atoms with Gasteiger partial charge in [0.05, 0.1) is 6.26 Å². The fourth-order valence-electron chi connectivity index (χ4n) is 0.492.